The van der Waals surface area contributed by atoms with Crippen molar-refractivity contribution in [3.8, 4) is 0 Å². The highest BCUT2D eigenvalue weighted by molar-refractivity contribution is 6.34. The first-order valence-electron chi connectivity index (χ1n) is 3.77. The van der Waals surface area contributed by atoms with E-state index in [1.54, 1.807) is 19.3 Å². The summed E-state index contributed by atoms with van der Waals surface area (Å²) in [4.78, 5) is 21.5. The van der Waals surface area contributed by atoms with Crippen molar-refractivity contribution in [2.45, 2.75) is 19.4 Å². The van der Waals surface area contributed by atoms with Crippen LogP contribution in [-0.4, -0.2) is 31.1 Å². The molecule has 0 heterocycles. The highest BCUT2D eigenvalue weighted by Gasteiger charge is 2.19. The van der Waals surface area contributed by atoms with Gasteiger partial charge in [0.2, 0.25) is 0 Å². The van der Waals surface area contributed by atoms with Gasteiger partial charge in [0.1, 0.15) is 0 Å². The van der Waals surface area contributed by atoms with Crippen molar-refractivity contribution < 1.29 is 14.3 Å². The predicted octanol–water partition coefficient (Wildman–Crippen LogP) is -1.48. The maximum Gasteiger partial charge on any atom is 0.323 e. The molecular formula is C7H15N3O3. The highest BCUT2D eigenvalue weighted by atomic mass is 16.5. The van der Waals surface area contributed by atoms with E-state index in [2.05, 4.69) is 5.32 Å². The van der Waals surface area contributed by atoms with Crippen molar-refractivity contribution in [2.24, 2.45) is 5.84 Å². The van der Waals surface area contributed by atoms with Gasteiger partial charge >= 0.3 is 11.8 Å². The van der Waals surface area contributed by atoms with E-state index in [4.69, 9.17) is 10.6 Å². The molecule has 0 aliphatic carbocycles. The summed E-state index contributed by atoms with van der Waals surface area (Å²) in [6.45, 7) is 3.82. The lowest BCUT2D eigenvalue weighted by molar-refractivity contribution is -0.139. The lowest BCUT2D eigenvalue weighted by atomic mass is 10.1. The second-order valence-electron chi connectivity index (χ2n) is 3.12. The average molecular weight is 189 g/mol. The van der Waals surface area contributed by atoms with Crippen LogP contribution < -0.4 is 16.6 Å². The summed E-state index contributed by atoms with van der Waals surface area (Å²) < 4.78 is 5.02. The Morgan fingerprint density at radius 1 is 1.38 bits per heavy atom. The number of hydrogen-bond donors (Lipinski definition) is 3. The minimum Gasteiger partial charge on any atom is -0.377 e. The number of ether oxygens (including phenoxy) is 1. The average Bonchev–Trinajstić information content (AvgIpc) is 2.13. The molecular weight excluding hydrogens is 174 g/mol. The number of nitrogens with two attached hydrogens (primary N) is 1. The quantitative estimate of drug-likeness (QED) is 0.218. The Bertz CT molecular complexity index is 203. The number of carbonyl (C=O) groups excluding carboxylic acids is 2. The number of hydrazine groups is 1. The van der Waals surface area contributed by atoms with E-state index in [0.29, 0.717) is 0 Å². The maximum absolute atomic E-state index is 10.9. The summed E-state index contributed by atoms with van der Waals surface area (Å²) in [6.07, 6.45) is 0. The minimum atomic E-state index is -0.869. The zero-order chi connectivity index (χ0) is 10.5. The number of hydrogen-bond acceptors (Lipinski definition) is 4. The molecule has 76 valence electrons. The molecule has 0 aromatic carbocycles. The summed E-state index contributed by atoms with van der Waals surface area (Å²) in [6, 6.07) is 0. The summed E-state index contributed by atoms with van der Waals surface area (Å²) >= 11 is 0. The molecule has 0 aliphatic rings. The third kappa shape index (κ3) is 4.44. The third-order valence-corrected chi connectivity index (χ3v) is 1.56. The Labute approximate surface area is 76.8 Å². The second-order valence-corrected chi connectivity index (χ2v) is 3.12. The van der Waals surface area contributed by atoms with Gasteiger partial charge in [-0.15, -0.1) is 0 Å². The van der Waals surface area contributed by atoms with Gasteiger partial charge in [-0.1, -0.05) is 0 Å². The number of carbonyl (C=O) groups is 2. The summed E-state index contributed by atoms with van der Waals surface area (Å²) in [5.74, 6) is 3.11. The number of nitrogens with one attached hydrogen (secondary N) is 2. The Kier molecular flexibility index (Phi) is 4.36. The maximum atomic E-state index is 10.9. The first-order valence-corrected chi connectivity index (χ1v) is 3.77. The zero-order valence-electron chi connectivity index (χ0n) is 8.01. The topological polar surface area (TPSA) is 93.4 Å². The molecule has 0 saturated carbocycles. The summed E-state index contributed by atoms with van der Waals surface area (Å²) in [5.41, 5.74) is 1.23. The second kappa shape index (κ2) is 4.78. The molecule has 0 bridgehead atoms. The lowest BCUT2D eigenvalue weighted by Crippen LogP contribution is -2.47. The number of methoxy groups -OCH3 is 1. The minimum absolute atomic E-state index is 0.246. The van der Waals surface area contributed by atoms with Crippen LogP contribution in [0.4, 0.5) is 0 Å². The fraction of sp³-hybridized carbons (Fsp3) is 0.714. The van der Waals surface area contributed by atoms with E-state index >= 15 is 0 Å². The molecule has 0 saturated heterocycles. The van der Waals surface area contributed by atoms with Crippen LogP contribution in [0.2, 0.25) is 0 Å². The first-order chi connectivity index (χ1) is 5.93. The molecule has 0 fully saturated rings. The third-order valence-electron chi connectivity index (χ3n) is 1.56. The van der Waals surface area contributed by atoms with E-state index in [9.17, 15) is 9.59 Å². The van der Waals surface area contributed by atoms with Gasteiger partial charge < -0.3 is 10.1 Å². The molecule has 0 radical (unpaired) electrons. The highest BCUT2D eigenvalue weighted by Crippen LogP contribution is 2.04. The van der Waals surface area contributed by atoms with Crippen molar-refractivity contribution in [1.29, 1.82) is 0 Å². The Balaban J connectivity index is 3.90. The molecule has 6 heteroatoms. The van der Waals surface area contributed by atoms with Crippen LogP contribution in [-0.2, 0) is 14.3 Å². The van der Waals surface area contributed by atoms with Gasteiger partial charge in [-0.3, -0.25) is 15.0 Å². The van der Waals surface area contributed by atoms with Crippen molar-refractivity contribution in [2.75, 3.05) is 13.7 Å². The van der Waals surface area contributed by atoms with Gasteiger partial charge in [-0.25, -0.2) is 5.84 Å². The standard InChI is InChI=1S/C7H15N3O3/c1-7(2,13-3)4-9-5(11)6(12)10-8/h4,8H2,1-3H3,(H,9,11)(H,10,12). The van der Waals surface area contributed by atoms with Crippen molar-refractivity contribution in [3.63, 3.8) is 0 Å². The zero-order valence-corrected chi connectivity index (χ0v) is 8.01. The van der Waals surface area contributed by atoms with Gasteiger partial charge in [0.05, 0.1) is 5.60 Å². The fourth-order valence-corrected chi connectivity index (χ4v) is 0.511. The largest absolute Gasteiger partial charge is 0.377 e. The molecule has 0 aromatic heterocycles. The van der Waals surface area contributed by atoms with Crippen LogP contribution in [0.5, 0.6) is 0 Å². The molecule has 0 rings (SSSR count). The number of amides is 2. The molecule has 13 heavy (non-hydrogen) atoms. The van der Waals surface area contributed by atoms with Crippen LogP contribution in [0.25, 0.3) is 0 Å². The molecule has 2 amide bonds. The van der Waals surface area contributed by atoms with Crippen molar-refractivity contribution >= 4 is 11.8 Å². The van der Waals surface area contributed by atoms with Gasteiger partial charge in [-0.2, -0.15) is 0 Å². The molecule has 0 aromatic rings. The molecule has 0 unspecified atom stereocenters. The van der Waals surface area contributed by atoms with Crippen LogP contribution in [0.1, 0.15) is 13.8 Å². The summed E-state index contributed by atoms with van der Waals surface area (Å²) in [7, 11) is 1.52. The normalized spacial score (nSPS) is 10.8. The van der Waals surface area contributed by atoms with Crippen molar-refractivity contribution in [3.05, 3.63) is 0 Å². The van der Waals surface area contributed by atoms with Crippen LogP contribution in [0.15, 0.2) is 0 Å². The van der Waals surface area contributed by atoms with Gasteiger partial charge in [0.25, 0.3) is 0 Å². The Morgan fingerprint density at radius 2 is 1.92 bits per heavy atom. The van der Waals surface area contributed by atoms with E-state index in [0.717, 1.165) is 0 Å². The molecule has 0 atom stereocenters. The van der Waals surface area contributed by atoms with Crippen LogP contribution in [0, 0.1) is 0 Å². The lowest BCUT2D eigenvalue weighted by Gasteiger charge is -2.22. The van der Waals surface area contributed by atoms with Gasteiger partial charge in [-0.05, 0) is 13.8 Å². The van der Waals surface area contributed by atoms with Gasteiger partial charge in [0, 0.05) is 13.7 Å². The van der Waals surface area contributed by atoms with E-state index < -0.39 is 17.4 Å². The van der Waals surface area contributed by atoms with Crippen LogP contribution in [0.3, 0.4) is 0 Å². The monoisotopic (exact) mass is 189 g/mol. The predicted molar refractivity (Wildman–Crippen MR) is 46.4 cm³/mol. The van der Waals surface area contributed by atoms with Gasteiger partial charge in [0.15, 0.2) is 0 Å². The molecule has 6 nitrogen and oxygen atoms in total. The number of rotatable bonds is 3. The fourth-order valence-electron chi connectivity index (χ4n) is 0.511. The molecule has 0 aliphatic heterocycles. The molecule has 0 spiro atoms. The van der Waals surface area contributed by atoms with E-state index in [-0.39, 0.29) is 6.54 Å². The van der Waals surface area contributed by atoms with Crippen LogP contribution >= 0.6 is 0 Å². The first kappa shape index (κ1) is 11.9. The SMILES string of the molecule is COC(C)(C)CNC(=O)C(=O)NN. The van der Waals surface area contributed by atoms with E-state index in [1.807, 2.05) is 0 Å². The van der Waals surface area contributed by atoms with E-state index in [1.165, 1.54) is 7.11 Å². The van der Waals surface area contributed by atoms with Crippen molar-refractivity contribution in [1.82, 2.24) is 10.7 Å². The Hall–Kier alpha value is -1.14. The Morgan fingerprint density at radius 3 is 2.31 bits per heavy atom. The summed E-state index contributed by atoms with van der Waals surface area (Å²) in [5, 5.41) is 2.37. The molecule has 4 N–H and O–H groups in total. The smallest absolute Gasteiger partial charge is 0.323 e.